The molecule has 1 aromatic heterocycles. The first-order valence-corrected chi connectivity index (χ1v) is 6.15. The second kappa shape index (κ2) is 4.90. The summed E-state index contributed by atoms with van der Waals surface area (Å²) in [5.41, 5.74) is 9.38. The van der Waals surface area contributed by atoms with Crippen LogP contribution in [0.1, 0.15) is 36.9 Å². The molecule has 0 amide bonds. The Hall–Kier alpha value is -1.68. The van der Waals surface area contributed by atoms with Gasteiger partial charge >= 0.3 is 0 Å². The number of aryl methyl sites for hydroxylation is 2. The molecule has 4 nitrogen and oxygen atoms in total. The third kappa shape index (κ3) is 2.43. The molecule has 0 bridgehead atoms. The van der Waals surface area contributed by atoms with Crippen LogP contribution in [-0.4, -0.2) is 10.2 Å². The monoisotopic (exact) mass is 245 g/mol. The molecule has 0 saturated heterocycles. The van der Waals surface area contributed by atoms with Crippen molar-refractivity contribution in [3.8, 4) is 11.5 Å². The van der Waals surface area contributed by atoms with Crippen molar-refractivity contribution in [2.24, 2.45) is 11.7 Å². The third-order valence-electron chi connectivity index (χ3n) is 3.20. The Morgan fingerprint density at radius 3 is 2.44 bits per heavy atom. The van der Waals surface area contributed by atoms with Crippen LogP contribution < -0.4 is 5.73 Å². The number of hydrogen-bond acceptors (Lipinski definition) is 4. The number of nitrogens with zero attached hydrogens (tertiary/aromatic N) is 2. The molecule has 96 valence electrons. The van der Waals surface area contributed by atoms with Crippen LogP contribution in [0.15, 0.2) is 22.6 Å². The number of nitrogens with two attached hydrogens (primary N) is 1. The van der Waals surface area contributed by atoms with Crippen molar-refractivity contribution in [1.82, 2.24) is 10.2 Å². The molecule has 1 heterocycles. The number of rotatable bonds is 3. The minimum Gasteiger partial charge on any atom is -0.419 e. The third-order valence-corrected chi connectivity index (χ3v) is 3.20. The summed E-state index contributed by atoms with van der Waals surface area (Å²) < 4.78 is 5.64. The molecule has 0 saturated carbocycles. The number of benzene rings is 1. The van der Waals surface area contributed by atoms with Gasteiger partial charge in [0, 0.05) is 5.56 Å². The lowest BCUT2D eigenvalue weighted by Crippen LogP contribution is -2.16. The van der Waals surface area contributed by atoms with Crippen LogP contribution in [0.5, 0.6) is 0 Å². The molecule has 4 heteroatoms. The Bertz CT molecular complexity index is 546. The van der Waals surface area contributed by atoms with E-state index in [0.29, 0.717) is 11.8 Å². The fourth-order valence-electron chi connectivity index (χ4n) is 1.65. The Kier molecular flexibility index (Phi) is 3.48. The van der Waals surface area contributed by atoms with Gasteiger partial charge < -0.3 is 10.2 Å². The van der Waals surface area contributed by atoms with Gasteiger partial charge in [0.15, 0.2) is 0 Å². The van der Waals surface area contributed by atoms with Gasteiger partial charge in [-0.05, 0) is 43.0 Å². The molecule has 0 spiro atoms. The van der Waals surface area contributed by atoms with E-state index in [0.717, 1.165) is 5.56 Å². The van der Waals surface area contributed by atoms with Crippen LogP contribution in [0.25, 0.3) is 11.5 Å². The molecule has 0 aliphatic carbocycles. The van der Waals surface area contributed by atoms with Gasteiger partial charge in [-0.3, -0.25) is 0 Å². The number of aromatic nitrogens is 2. The topological polar surface area (TPSA) is 64.9 Å². The van der Waals surface area contributed by atoms with Gasteiger partial charge in [0.25, 0.3) is 0 Å². The van der Waals surface area contributed by atoms with Crippen molar-refractivity contribution in [3.63, 3.8) is 0 Å². The van der Waals surface area contributed by atoms with Crippen molar-refractivity contribution >= 4 is 0 Å². The molecular formula is C14H19N3O. The molecule has 2 N–H and O–H groups in total. The van der Waals surface area contributed by atoms with Crippen LogP contribution in [0.3, 0.4) is 0 Å². The maximum absolute atomic E-state index is 5.99. The normalized spacial score (nSPS) is 13.0. The smallest absolute Gasteiger partial charge is 0.247 e. The summed E-state index contributed by atoms with van der Waals surface area (Å²) in [5, 5.41) is 8.09. The summed E-state index contributed by atoms with van der Waals surface area (Å²) >= 11 is 0. The molecular weight excluding hydrogens is 226 g/mol. The number of hydrogen-bond donors (Lipinski definition) is 1. The predicted octanol–water partition coefficient (Wildman–Crippen LogP) is 3.01. The first-order valence-electron chi connectivity index (χ1n) is 6.15. The average molecular weight is 245 g/mol. The zero-order valence-electron chi connectivity index (χ0n) is 11.3. The van der Waals surface area contributed by atoms with Gasteiger partial charge in [-0.1, -0.05) is 19.9 Å². The minimum absolute atomic E-state index is 0.210. The standard InChI is InChI=1S/C14H19N3O/c1-8(2)12(15)14-17-16-13(18-14)11-6-5-9(3)10(4)7-11/h5-8,12H,15H2,1-4H3. The van der Waals surface area contributed by atoms with Gasteiger partial charge in [-0.15, -0.1) is 10.2 Å². The van der Waals surface area contributed by atoms with Crippen molar-refractivity contribution < 1.29 is 4.42 Å². The fourth-order valence-corrected chi connectivity index (χ4v) is 1.65. The maximum Gasteiger partial charge on any atom is 0.247 e. The van der Waals surface area contributed by atoms with E-state index in [1.54, 1.807) is 0 Å². The molecule has 18 heavy (non-hydrogen) atoms. The first kappa shape index (κ1) is 12.8. The molecule has 2 rings (SSSR count). The lowest BCUT2D eigenvalue weighted by Gasteiger charge is -2.09. The van der Waals surface area contributed by atoms with E-state index in [1.807, 2.05) is 26.0 Å². The van der Waals surface area contributed by atoms with E-state index in [4.69, 9.17) is 10.2 Å². The van der Waals surface area contributed by atoms with Crippen molar-refractivity contribution in [2.45, 2.75) is 33.7 Å². The summed E-state index contributed by atoms with van der Waals surface area (Å²) in [7, 11) is 0. The fraction of sp³-hybridized carbons (Fsp3) is 0.429. The predicted molar refractivity (Wildman–Crippen MR) is 71.0 cm³/mol. The molecule has 2 aromatic rings. The van der Waals surface area contributed by atoms with Crippen LogP contribution in [0.2, 0.25) is 0 Å². The zero-order valence-corrected chi connectivity index (χ0v) is 11.3. The highest BCUT2D eigenvalue weighted by Crippen LogP contribution is 2.24. The first-order chi connectivity index (χ1) is 8.49. The Labute approximate surface area is 107 Å². The van der Waals surface area contributed by atoms with Crippen LogP contribution in [0, 0.1) is 19.8 Å². The quantitative estimate of drug-likeness (QED) is 0.902. The molecule has 0 aliphatic rings. The molecule has 0 fully saturated rings. The van der Waals surface area contributed by atoms with Gasteiger partial charge in [-0.2, -0.15) is 0 Å². The zero-order chi connectivity index (χ0) is 13.3. The second-order valence-corrected chi connectivity index (χ2v) is 5.01. The second-order valence-electron chi connectivity index (χ2n) is 5.01. The Balaban J connectivity index is 2.32. The highest BCUT2D eigenvalue weighted by Gasteiger charge is 2.18. The summed E-state index contributed by atoms with van der Waals surface area (Å²) in [6.45, 7) is 8.21. The van der Waals surface area contributed by atoms with Gasteiger partial charge in [0.1, 0.15) is 0 Å². The largest absolute Gasteiger partial charge is 0.419 e. The molecule has 1 atom stereocenters. The van der Waals surface area contributed by atoms with E-state index in [1.165, 1.54) is 11.1 Å². The van der Waals surface area contributed by atoms with Gasteiger partial charge in [-0.25, -0.2) is 0 Å². The summed E-state index contributed by atoms with van der Waals surface area (Å²) in [4.78, 5) is 0. The SMILES string of the molecule is Cc1ccc(-c2nnc(C(N)C(C)C)o2)cc1C. The molecule has 1 aromatic carbocycles. The van der Waals surface area contributed by atoms with Crippen molar-refractivity contribution in [1.29, 1.82) is 0 Å². The maximum atomic E-state index is 5.99. The highest BCUT2D eigenvalue weighted by atomic mass is 16.4. The summed E-state index contributed by atoms with van der Waals surface area (Å²) in [5.74, 6) is 1.31. The van der Waals surface area contributed by atoms with Crippen LogP contribution in [0.4, 0.5) is 0 Å². The Morgan fingerprint density at radius 2 is 1.83 bits per heavy atom. The van der Waals surface area contributed by atoms with Crippen molar-refractivity contribution in [2.75, 3.05) is 0 Å². The van der Waals surface area contributed by atoms with Crippen LogP contribution in [-0.2, 0) is 0 Å². The Morgan fingerprint density at radius 1 is 1.11 bits per heavy atom. The molecule has 1 unspecified atom stereocenters. The van der Waals surface area contributed by atoms with Crippen molar-refractivity contribution in [3.05, 3.63) is 35.2 Å². The highest BCUT2D eigenvalue weighted by molar-refractivity contribution is 5.55. The minimum atomic E-state index is -0.210. The van der Waals surface area contributed by atoms with E-state index in [-0.39, 0.29) is 12.0 Å². The van der Waals surface area contributed by atoms with E-state index >= 15 is 0 Å². The lowest BCUT2D eigenvalue weighted by molar-refractivity contribution is 0.394. The summed E-state index contributed by atoms with van der Waals surface area (Å²) in [6, 6.07) is 5.88. The summed E-state index contributed by atoms with van der Waals surface area (Å²) in [6.07, 6.45) is 0. The van der Waals surface area contributed by atoms with Crippen LogP contribution >= 0.6 is 0 Å². The van der Waals surface area contributed by atoms with E-state index < -0.39 is 0 Å². The molecule has 0 radical (unpaired) electrons. The average Bonchev–Trinajstić information content (AvgIpc) is 2.81. The van der Waals surface area contributed by atoms with Gasteiger partial charge in [0.05, 0.1) is 6.04 Å². The van der Waals surface area contributed by atoms with E-state index in [2.05, 4.69) is 30.1 Å². The lowest BCUT2D eigenvalue weighted by atomic mass is 10.1. The van der Waals surface area contributed by atoms with Gasteiger partial charge in [0.2, 0.25) is 11.8 Å². The molecule has 0 aliphatic heterocycles. The van der Waals surface area contributed by atoms with E-state index in [9.17, 15) is 0 Å².